The van der Waals surface area contributed by atoms with E-state index >= 15 is 0 Å². The van der Waals surface area contributed by atoms with Gasteiger partial charge in [0.15, 0.2) is 0 Å². The smallest absolute Gasteiger partial charge is 0.321 e. The third kappa shape index (κ3) is 4.22. The summed E-state index contributed by atoms with van der Waals surface area (Å²) >= 11 is 0. The van der Waals surface area contributed by atoms with Crippen molar-refractivity contribution in [2.75, 3.05) is 43.5 Å². The van der Waals surface area contributed by atoms with E-state index in [9.17, 15) is 4.79 Å². The number of amides is 2. The molecule has 1 aliphatic rings. The molecule has 1 N–H and O–H groups in total. The summed E-state index contributed by atoms with van der Waals surface area (Å²) in [5.74, 6) is 3.24. The van der Waals surface area contributed by atoms with Crippen LogP contribution in [-0.2, 0) is 0 Å². The Hall–Kier alpha value is -3.55. The largest absolute Gasteiger partial charge is 0.497 e. The maximum Gasteiger partial charge on any atom is 0.321 e. The molecule has 3 aromatic rings. The standard InChI is InChI=1S/C22H26N6O2/c1-16-14-18(30-3)6-7-19(16)25-22(29)28-12-10-27(11-13-28)21-15-20(23-17(2)24-21)26-8-4-5-9-26/h4-9,14-15H,10-13H2,1-3H3,(H,25,29). The molecule has 1 fully saturated rings. The molecule has 1 aliphatic heterocycles. The highest BCUT2D eigenvalue weighted by molar-refractivity contribution is 5.90. The summed E-state index contributed by atoms with van der Waals surface area (Å²) in [5.41, 5.74) is 1.77. The monoisotopic (exact) mass is 406 g/mol. The normalized spacial score (nSPS) is 14.0. The molecule has 0 atom stereocenters. The lowest BCUT2D eigenvalue weighted by Crippen LogP contribution is -2.50. The van der Waals surface area contributed by atoms with Gasteiger partial charge in [0.1, 0.15) is 23.2 Å². The van der Waals surface area contributed by atoms with E-state index < -0.39 is 0 Å². The Balaban J connectivity index is 1.40. The molecule has 0 aliphatic carbocycles. The van der Waals surface area contributed by atoms with Crippen LogP contribution in [0.1, 0.15) is 11.4 Å². The zero-order valence-electron chi connectivity index (χ0n) is 17.5. The van der Waals surface area contributed by atoms with Gasteiger partial charge < -0.3 is 24.4 Å². The third-order valence-electron chi connectivity index (χ3n) is 5.25. The Morgan fingerprint density at radius 3 is 2.37 bits per heavy atom. The van der Waals surface area contributed by atoms with Crippen LogP contribution in [0.5, 0.6) is 5.75 Å². The van der Waals surface area contributed by atoms with Gasteiger partial charge >= 0.3 is 6.03 Å². The molecule has 8 nitrogen and oxygen atoms in total. The van der Waals surface area contributed by atoms with Gasteiger partial charge in [0.2, 0.25) is 0 Å². The predicted octanol–water partition coefficient (Wildman–Crippen LogP) is 3.25. The quantitative estimate of drug-likeness (QED) is 0.720. The van der Waals surface area contributed by atoms with E-state index in [0.717, 1.165) is 47.5 Å². The molecule has 2 aromatic heterocycles. The molecule has 8 heteroatoms. The minimum Gasteiger partial charge on any atom is -0.497 e. The number of aromatic nitrogens is 3. The van der Waals surface area contributed by atoms with Crippen molar-refractivity contribution in [3.05, 3.63) is 60.2 Å². The average Bonchev–Trinajstić information content (AvgIpc) is 3.30. The fourth-order valence-corrected chi connectivity index (χ4v) is 3.55. The van der Waals surface area contributed by atoms with Crippen molar-refractivity contribution >= 4 is 17.5 Å². The zero-order chi connectivity index (χ0) is 21.1. The van der Waals surface area contributed by atoms with Crippen LogP contribution in [0.15, 0.2) is 48.8 Å². The van der Waals surface area contributed by atoms with Gasteiger partial charge in [0.05, 0.1) is 7.11 Å². The molecule has 30 heavy (non-hydrogen) atoms. The molecule has 0 radical (unpaired) electrons. The number of carbonyl (C=O) groups excluding carboxylic acids is 1. The molecule has 0 bridgehead atoms. The Bertz CT molecular complexity index is 1030. The maximum absolute atomic E-state index is 12.7. The van der Waals surface area contributed by atoms with E-state index in [1.54, 1.807) is 7.11 Å². The Morgan fingerprint density at radius 2 is 1.70 bits per heavy atom. The SMILES string of the molecule is COc1ccc(NC(=O)N2CCN(c3cc(-n4cccc4)nc(C)n3)CC2)c(C)c1. The summed E-state index contributed by atoms with van der Waals surface area (Å²) in [7, 11) is 1.63. The second-order valence-corrected chi connectivity index (χ2v) is 7.31. The summed E-state index contributed by atoms with van der Waals surface area (Å²) in [6, 6.07) is 11.5. The van der Waals surface area contributed by atoms with E-state index in [1.165, 1.54) is 0 Å². The molecule has 156 valence electrons. The first-order chi connectivity index (χ1) is 14.5. The second kappa shape index (κ2) is 8.44. The lowest BCUT2D eigenvalue weighted by molar-refractivity contribution is 0.208. The average molecular weight is 406 g/mol. The Kier molecular flexibility index (Phi) is 5.56. The Labute approximate surface area is 176 Å². The number of hydrogen-bond acceptors (Lipinski definition) is 5. The highest BCUT2D eigenvalue weighted by atomic mass is 16.5. The molecule has 1 saturated heterocycles. The van der Waals surface area contributed by atoms with Gasteiger partial charge in [0.25, 0.3) is 0 Å². The van der Waals surface area contributed by atoms with Gasteiger partial charge in [-0.15, -0.1) is 0 Å². The Morgan fingerprint density at radius 1 is 1.00 bits per heavy atom. The van der Waals surface area contributed by atoms with Gasteiger partial charge in [-0.1, -0.05) is 0 Å². The highest BCUT2D eigenvalue weighted by Gasteiger charge is 2.23. The topological polar surface area (TPSA) is 75.5 Å². The molecular formula is C22H26N6O2. The minimum absolute atomic E-state index is 0.0881. The van der Waals surface area contributed by atoms with Crippen molar-refractivity contribution < 1.29 is 9.53 Å². The molecule has 0 spiro atoms. The van der Waals surface area contributed by atoms with Crippen molar-refractivity contribution in [1.82, 2.24) is 19.4 Å². The molecule has 4 rings (SSSR count). The first-order valence-electron chi connectivity index (χ1n) is 9.98. The summed E-state index contributed by atoms with van der Waals surface area (Å²) in [6.07, 6.45) is 3.93. The van der Waals surface area contributed by atoms with Gasteiger partial charge in [-0.05, 0) is 49.7 Å². The summed E-state index contributed by atoms with van der Waals surface area (Å²) in [6.45, 7) is 6.55. The number of carbonyl (C=O) groups is 1. The van der Waals surface area contributed by atoms with Crippen LogP contribution in [0.4, 0.5) is 16.3 Å². The molecular weight excluding hydrogens is 380 g/mol. The van der Waals surface area contributed by atoms with Crippen LogP contribution in [0, 0.1) is 13.8 Å². The van der Waals surface area contributed by atoms with Gasteiger partial charge in [-0.25, -0.2) is 14.8 Å². The van der Waals surface area contributed by atoms with E-state index in [4.69, 9.17) is 4.74 Å². The van der Waals surface area contributed by atoms with Crippen molar-refractivity contribution in [2.45, 2.75) is 13.8 Å². The maximum atomic E-state index is 12.7. The van der Waals surface area contributed by atoms with Crippen LogP contribution in [0.25, 0.3) is 5.82 Å². The number of aryl methyl sites for hydroxylation is 2. The van der Waals surface area contributed by atoms with Crippen molar-refractivity contribution in [3.63, 3.8) is 0 Å². The van der Waals surface area contributed by atoms with Gasteiger partial charge in [-0.3, -0.25) is 0 Å². The summed E-state index contributed by atoms with van der Waals surface area (Å²) < 4.78 is 7.20. The molecule has 0 saturated carbocycles. The number of nitrogens with zero attached hydrogens (tertiary/aromatic N) is 5. The van der Waals surface area contributed by atoms with E-state index in [1.807, 2.05) is 72.1 Å². The van der Waals surface area contributed by atoms with Crippen LogP contribution in [0.2, 0.25) is 0 Å². The first-order valence-corrected chi connectivity index (χ1v) is 9.98. The van der Waals surface area contributed by atoms with E-state index in [-0.39, 0.29) is 6.03 Å². The van der Waals surface area contributed by atoms with Crippen molar-refractivity contribution in [2.24, 2.45) is 0 Å². The molecule has 1 aromatic carbocycles. The van der Waals surface area contributed by atoms with Crippen LogP contribution < -0.4 is 15.0 Å². The number of anilines is 2. The fourth-order valence-electron chi connectivity index (χ4n) is 3.55. The first kappa shape index (κ1) is 19.8. The van der Waals surface area contributed by atoms with E-state index in [0.29, 0.717) is 13.1 Å². The molecule has 0 unspecified atom stereocenters. The van der Waals surface area contributed by atoms with Crippen LogP contribution >= 0.6 is 0 Å². The third-order valence-corrected chi connectivity index (χ3v) is 5.25. The number of hydrogen-bond donors (Lipinski definition) is 1. The van der Waals surface area contributed by atoms with Gasteiger partial charge in [-0.2, -0.15) is 0 Å². The number of piperazine rings is 1. The van der Waals surface area contributed by atoms with Crippen LogP contribution in [-0.4, -0.2) is 58.8 Å². The number of rotatable bonds is 4. The predicted molar refractivity (Wildman–Crippen MR) is 117 cm³/mol. The number of nitrogens with one attached hydrogen (secondary N) is 1. The van der Waals surface area contributed by atoms with Crippen molar-refractivity contribution in [1.29, 1.82) is 0 Å². The lowest BCUT2D eigenvalue weighted by Gasteiger charge is -2.35. The van der Waals surface area contributed by atoms with Crippen LogP contribution in [0.3, 0.4) is 0 Å². The fraction of sp³-hybridized carbons (Fsp3) is 0.318. The van der Waals surface area contributed by atoms with Gasteiger partial charge in [0, 0.05) is 50.3 Å². The zero-order valence-corrected chi connectivity index (χ0v) is 17.5. The minimum atomic E-state index is -0.0881. The number of ether oxygens (including phenoxy) is 1. The number of benzene rings is 1. The molecule has 3 heterocycles. The van der Waals surface area contributed by atoms with Crippen molar-refractivity contribution in [3.8, 4) is 11.6 Å². The number of urea groups is 1. The highest BCUT2D eigenvalue weighted by Crippen LogP contribution is 2.22. The second-order valence-electron chi connectivity index (χ2n) is 7.31. The summed E-state index contributed by atoms with van der Waals surface area (Å²) in [5, 5.41) is 3.01. The van der Waals surface area contributed by atoms with E-state index in [2.05, 4.69) is 20.2 Å². The lowest BCUT2D eigenvalue weighted by atomic mass is 10.2. The number of methoxy groups -OCH3 is 1. The molecule has 2 amide bonds. The summed E-state index contributed by atoms with van der Waals surface area (Å²) in [4.78, 5) is 25.9.